The molecule has 3 aromatic carbocycles. The van der Waals surface area contributed by atoms with Crippen molar-refractivity contribution < 1.29 is 27.5 Å². The fourth-order valence-corrected chi connectivity index (χ4v) is 8.42. The van der Waals surface area contributed by atoms with Gasteiger partial charge in [-0.2, -0.15) is 13.2 Å². The van der Waals surface area contributed by atoms with Crippen LogP contribution in [0.15, 0.2) is 91.0 Å². The lowest BCUT2D eigenvalue weighted by Gasteiger charge is -2.34. The molecule has 33 heavy (non-hydrogen) atoms. The molecular weight excluding hydrogens is 448 g/mol. The monoisotopic (exact) mass is 473 g/mol. The van der Waals surface area contributed by atoms with Crippen LogP contribution in [-0.4, -0.2) is 29.2 Å². The van der Waals surface area contributed by atoms with E-state index in [4.69, 9.17) is 4.74 Å². The van der Waals surface area contributed by atoms with Crippen molar-refractivity contribution in [3.63, 3.8) is 0 Å². The Balaban J connectivity index is 2.48. The first-order valence-electron chi connectivity index (χ1n) is 10.4. The SMILES string of the molecule is CC(C)(C)OC(=O)C(C(=O)C(F)(F)F)[P+](c1ccccc1)(c1ccccc1)c1ccccc1. The topological polar surface area (TPSA) is 43.4 Å². The summed E-state index contributed by atoms with van der Waals surface area (Å²) in [4.78, 5) is 26.6. The number of alkyl halides is 3. The van der Waals surface area contributed by atoms with E-state index in [0.717, 1.165) is 0 Å². The number of ketones is 1. The number of hydrogen-bond donors (Lipinski definition) is 0. The predicted octanol–water partition coefficient (Wildman–Crippen LogP) is 4.82. The molecule has 1 atom stereocenters. The molecule has 0 aliphatic heterocycles. The minimum absolute atomic E-state index is 0.482. The van der Waals surface area contributed by atoms with Gasteiger partial charge in [-0.15, -0.1) is 0 Å². The number of benzene rings is 3. The quantitative estimate of drug-likeness (QED) is 0.293. The van der Waals surface area contributed by atoms with Gasteiger partial charge in [-0.3, -0.25) is 4.79 Å². The van der Waals surface area contributed by atoms with Crippen molar-refractivity contribution in [1.29, 1.82) is 0 Å². The van der Waals surface area contributed by atoms with E-state index >= 15 is 0 Å². The highest BCUT2D eigenvalue weighted by molar-refractivity contribution is 7.97. The van der Waals surface area contributed by atoms with Crippen LogP contribution in [0.5, 0.6) is 0 Å². The smallest absolute Gasteiger partial charge is 0.454 e. The summed E-state index contributed by atoms with van der Waals surface area (Å²) in [6.45, 7) is 4.69. The molecule has 0 radical (unpaired) electrons. The Bertz CT molecular complexity index is 996. The van der Waals surface area contributed by atoms with Gasteiger partial charge in [-0.1, -0.05) is 54.6 Å². The van der Waals surface area contributed by atoms with Crippen molar-refractivity contribution in [3.8, 4) is 0 Å². The summed E-state index contributed by atoms with van der Waals surface area (Å²) >= 11 is 0. The molecule has 0 aliphatic carbocycles. The fourth-order valence-electron chi connectivity index (χ4n) is 3.84. The van der Waals surface area contributed by atoms with E-state index in [-0.39, 0.29) is 0 Å². The lowest BCUT2D eigenvalue weighted by molar-refractivity contribution is -0.176. The number of halogens is 3. The van der Waals surface area contributed by atoms with E-state index in [1.165, 1.54) is 0 Å². The number of hydrogen-bond acceptors (Lipinski definition) is 3. The largest absolute Gasteiger partial charge is 0.457 e. The van der Waals surface area contributed by atoms with Crippen LogP contribution in [0.1, 0.15) is 20.8 Å². The molecule has 0 spiro atoms. The molecule has 1 unspecified atom stereocenters. The van der Waals surface area contributed by atoms with Gasteiger partial charge in [-0.05, 0) is 57.2 Å². The molecule has 0 heterocycles. The highest BCUT2D eigenvalue weighted by Crippen LogP contribution is 2.61. The Morgan fingerprint density at radius 1 is 0.697 bits per heavy atom. The second kappa shape index (κ2) is 9.48. The second-order valence-electron chi connectivity index (χ2n) is 8.53. The van der Waals surface area contributed by atoms with Crippen LogP contribution in [0, 0.1) is 0 Å². The predicted molar refractivity (Wildman–Crippen MR) is 126 cm³/mol. The standard InChI is InChI=1S/C26H25F3O3P/c1-25(2,3)32-24(31)22(23(30)26(27,28)29)33(19-13-7-4-8-14-19,20-15-9-5-10-16-20)21-17-11-6-12-18-21/h4-18,22H,1-3H3/q+1. The van der Waals surface area contributed by atoms with E-state index in [9.17, 15) is 22.8 Å². The third-order valence-corrected chi connectivity index (χ3v) is 9.59. The maximum Gasteiger partial charge on any atom is 0.454 e. The Morgan fingerprint density at radius 3 is 1.30 bits per heavy atom. The van der Waals surface area contributed by atoms with Crippen molar-refractivity contribution >= 4 is 34.9 Å². The first-order valence-corrected chi connectivity index (χ1v) is 12.2. The van der Waals surface area contributed by atoms with E-state index in [1.807, 2.05) is 0 Å². The molecule has 172 valence electrons. The van der Waals surface area contributed by atoms with Gasteiger partial charge >= 0.3 is 12.1 Å². The van der Waals surface area contributed by atoms with Gasteiger partial charge in [0.25, 0.3) is 5.78 Å². The Hall–Kier alpha value is -2.98. The molecule has 0 saturated heterocycles. The lowest BCUT2D eigenvalue weighted by Crippen LogP contribution is -2.52. The van der Waals surface area contributed by atoms with Gasteiger partial charge in [0, 0.05) is 0 Å². The van der Waals surface area contributed by atoms with Crippen LogP contribution in [-0.2, 0) is 14.3 Å². The summed E-state index contributed by atoms with van der Waals surface area (Å²) in [6.07, 6.45) is -5.23. The van der Waals surface area contributed by atoms with E-state index in [1.54, 1.807) is 112 Å². The van der Waals surface area contributed by atoms with Crippen LogP contribution >= 0.6 is 7.26 Å². The summed E-state index contributed by atoms with van der Waals surface area (Å²) in [5.41, 5.74) is -3.18. The molecule has 0 aliphatic rings. The second-order valence-corrected chi connectivity index (χ2v) is 12.0. The van der Waals surface area contributed by atoms with Crippen LogP contribution in [0.4, 0.5) is 13.2 Å². The number of Topliss-reactive ketones (excluding diaryl/α,β-unsaturated/α-hetero) is 1. The van der Waals surface area contributed by atoms with Gasteiger partial charge in [0.05, 0.1) is 0 Å². The van der Waals surface area contributed by atoms with Crippen molar-refractivity contribution in [1.82, 2.24) is 0 Å². The molecule has 3 nitrogen and oxygen atoms in total. The average molecular weight is 473 g/mol. The molecule has 3 rings (SSSR count). The average Bonchev–Trinajstić information content (AvgIpc) is 2.77. The molecule has 0 saturated carbocycles. The zero-order valence-corrected chi connectivity index (χ0v) is 19.4. The van der Waals surface area contributed by atoms with Crippen molar-refractivity contribution in [2.45, 2.75) is 38.2 Å². The van der Waals surface area contributed by atoms with Crippen molar-refractivity contribution in [2.24, 2.45) is 0 Å². The first-order chi connectivity index (χ1) is 15.5. The van der Waals surface area contributed by atoms with Crippen LogP contribution in [0.2, 0.25) is 0 Å². The first kappa shape index (κ1) is 24.7. The van der Waals surface area contributed by atoms with Crippen LogP contribution < -0.4 is 15.9 Å². The number of esters is 1. The molecule has 0 amide bonds. The summed E-state index contributed by atoms with van der Waals surface area (Å²) in [5.74, 6) is -3.30. The Morgan fingerprint density at radius 2 is 1.03 bits per heavy atom. The molecule has 7 heteroatoms. The summed E-state index contributed by atoms with van der Waals surface area (Å²) < 4.78 is 47.5. The summed E-state index contributed by atoms with van der Waals surface area (Å²) in [6, 6.07) is 25.4. The maximum atomic E-state index is 14.0. The fraction of sp³-hybridized carbons (Fsp3) is 0.231. The van der Waals surface area contributed by atoms with E-state index < -0.39 is 36.5 Å². The Kier molecular flexibility index (Phi) is 7.08. The van der Waals surface area contributed by atoms with Gasteiger partial charge in [0.15, 0.2) is 0 Å². The minimum Gasteiger partial charge on any atom is -0.457 e. The number of rotatable bonds is 6. The zero-order chi connectivity index (χ0) is 24.3. The highest BCUT2D eigenvalue weighted by Gasteiger charge is 2.65. The van der Waals surface area contributed by atoms with E-state index in [0.29, 0.717) is 15.9 Å². The molecule has 0 aromatic heterocycles. The number of carbonyl (C=O) groups excluding carboxylic acids is 2. The summed E-state index contributed by atoms with van der Waals surface area (Å²) in [5, 5.41) is 1.45. The third-order valence-electron chi connectivity index (χ3n) is 5.04. The number of carbonyl (C=O) groups is 2. The summed E-state index contributed by atoms with van der Waals surface area (Å²) in [7, 11) is -3.50. The van der Waals surface area contributed by atoms with Crippen molar-refractivity contribution in [2.75, 3.05) is 0 Å². The van der Waals surface area contributed by atoms with E-state index in [2.05, 4.69) is 0 Å². The molecule has 3 aromatic rings. The minimum atomic E-state index is -5.23. The third kappa shape index (κ3) is 5.17. The maximum absolute atomic E-state index is 14.0. The molecule has 0 fully saturated rings. The normalized spacial score (nSPS) is 13.3. The Labute approximate surface area is 191 Å². The van der Waals surface area contributed by atoms with Gasteiger partial charge < -0.3 is 4.74 Å². The van der Waals surface area contributed by atoms with Crippen LogP contribution in [0.3, 0.4) is 0 Å². The van der Waals surface area contributed by atoms with Crippen LogP contribution in [0.25, 0.3) is 0 Å². The van der Waals surface area contributed by atoms with Gasteiger partial charge in [-0.25, -0.2) is 4.79 Å². The molecule has 0 N–H and O–H groups in total. The zero-order valence-electron chi connectivity index (χ0n) is 18.5. The highest BCUT2D eigenvalue weighted by atomic mass is 31.2. The lowest BCUT2D eigenvalue weighted by atomic mass is 10.2. The van der Waals surface area contributed by atoms with Crippen molar-refractivity contribution in [3.05, 3.63) is 91.0 Å². The van der Waals surface area contributed by atoms with Gasteiger partial charge in [0.2, 0.25) is 5.66 Å². The number of ether oxygens (including phenoxy) is 1. The molecule has 0 bridgehead atoms. The molecular formula is C26H25F3O3P+. The van der Waals surface area contributed by atoms with Gasteiger partial charge in [0.1, 0.15) is 28.8 Å².